The quantitative estimate of drug-likeness (QED) is 0.601. The number of carbonyl (C=O) groups excluding carboxylic acids is 2. The maximum absolute atomic E-state index is 11.3. The van der Waals surface area contributed by atoms with Gasteiger partial charge in [0.15, 0.2) is 0 Å². The molecule has 4 nitrogen and oxygen atoms in total. The number of nitrogens with zero attached hydrogens (tertiary/aromatic N) is 1. The second-order valence-electron chi connectivity index (χ2n) is 5.31. The normalized spacial score (nSPS) is 22.7. The summed E-state index contributed by atoms with van der Waals surface area (Å²) in [6, 6.07) is 7.19. The molecular weight excluding hydrogens is 311 g/mol. The largest absolute Gasteiger partial charge is 1.00 e. The minimum Gasteiger partial charge on any atom is -0.541 e. The Kier molecular flexibility index (Phi) is 5.49. The van der Waals surface area contributed by atoms with Crippen molar-refractivity contribution >= 4 is 29.0 Å². The molecule has 2 aliphatic rings. The number of hydrogen-bond donors (Lipinski definition) is 1. The van der Waals surface area contributed by atoms with Crippen molar-refractivity contribution in [1.29, 1.82) is 0 Å². The number of nitrogens with one attached hydrogen (secondary N) is 1. The van der Waals surface area contributed by atoms with Gasteiger partial charge in [0.05, 0.1) is 11.0 Å². The molecule has 21 heavy (non-hydrogen) atoms. The first-order valence-corrected chi connectivity index (χ1v) is 7.40. The van der Waals surface area contributed by atoms with Crippen LogP contribution in [0.15, 0.2) is 17.2 Å². The Bertz CT molecular complexity index is 626. The van der Waals surface area contributed by atoms with Gasteiger partial charge >= 0.3 is 51.4 Å². The van der Waals surface area contributed by atoms with Gasteiger partial charge in [-0.25, -0.2) is 5.43 Å². The second-order valence-corrected chi connectivity index (χ2v) is 6.62. The van der Waals surface area contributed by atoms with E-state index in [9.17, 15) is 9.59 Å². The van der Waals surface area contributed by atoms with Crippen LogP contribution in [-0.2, 0) is 10.2 Å². The molecule has 1 aromatic carbocycles. The summed E-state index contributed by atoms with van der Waals surface area (Å²) in [4.78, 5) is 22.4. The van der Waals surface area contributed by atoms with Crippen molar-refractivity contribution in [2.45, 2.75) is 37.4 Å². The number of aryl methyl sites for hydroxylation is 1. The van der Waals surface area contributed by atoms with E-state index in [1.165, 1.54) is 11.8 Å². The number of hydrazone groups is 1. The van der Waals surface area contributed by atoms with Crippen molar-refractivity contribution in [2.24, 2.45) is 5.10 Å². The van der Waals surface area contributed by atoms with Crippen LogP contribution < -0.4 is 56.8 Å². The molecule has 1 N–H and O–H groups in total. The zero-order valence-corrected chi connectivity index (χ0v) is 16.3. The Morgan fingerprint density at radius 1 is 1.48 bits per heavy atom. The molecule has 1 unspecified atom stereocenters. The molecular formula is C15H14KN2O2S-. The van der Waals surface area contributed by atoms with Crippen LogP contribution in [0.5, 0.6) is 0 Å². The molecule has 1 saturated carbocycles. The fourth-order valence-corrected chi connectivity index (χ4v) is 3.13. The Labute approximate surface area is 170 Å². The maximum Gasteiger partial charge on any atom is 1.00 e. The molecule has 1 atom stereocenters. The number of thioether (sulfide) groups is 1. The summed E-state index contributed by atoms with van der Waals surface area (Å²) in [5.41, 5.74) is 5.66. The third-order valence-electron chi connectivity index (χ3n) is 3.70. The molecule has 3 rings (SSSR count). The number of benzene rings is 1. The van der Waals surface area contributed by atoms with E-state index >= 15 is 0 Å². The monoisotopic (exact) mass is 325 g/mol. The van der Waals surface area contributed by atoms with E-state index in [4.69, 9.17) is 0 Å². The number of hydrogen-bond acceptors (Lipinski definition) is 4. The molecule has 0 spiro atoms. The fraction of sp³-hybridized carbons (Fsp3) is 0.400. The van der Waals surface area contributed by atoms with Crippen LogP contribution in [-0.4, -0.2) is 22.5 Å². The summed E-state index contributed by atoms with van der Waals surface area (Å²) in [7, 11) is 0. The summed E-state index contributed by atoms with van der Waals surface area (Å²) in [5.74, 6) is 0. The first-order chi connectivity index (χ1) is 9.54. The number of amides is 1. The summed E-state index contributed by atoms with van der Waals surface area (Å²) < 4.78 is 0. The Balaban J connectivity index is 0.00000161. The summed E-state index contributed by atoms with van der Waals surface area (Å²) >= 11 is 1.22. The molecule has 0 aromatic heterocycles. The summed E-state index contributed by atoms with van der Waals surface area (Å²) in [6.07, 6.45) is 3.82. The molecule has 0 radical (unpaired) electrons. The average molecular weight is 325 g/mol. The average Bonchev–Trinajstić information content (AvgIpc) is 3.19. The molecule has 1 aliphatic heterocycles. The molecule has 6 heteroatoms. The zero-order valence-electron chi connectivity index (χ0n) is 12.3. The van der Waals surface area contributed by atoms with Gasteiger partial charge in [-0.3, -0.25) is 11.1 Å². The summed E-state index contributed by atoms with van der Waals surface area (Å²) in [6.45, 7) is 3.90. The minimum atomic E-state index is -0.463. The van der Waals surface area contributed by atoms with Gasteiger partial charge in [-0.2, -0.15) is 34.4 Å². The molecule has 0 saturated heterocycles. The van der Waals surface area contributed by atoms with Crippen LogP contribution in [0, 0.1) is 13.0 Å². The predicted molar refractivity (Wildman–Crippen MR) is 78.7 cm³/mol. The van der Waals surface area contributed by atoms with Gasteiger partial charge in [0, 0.05) is 0 Å². The fourth-order valence-electron chi connectivity index (χ4n) is 2.41. The first kappa shape index (κ1) is 17.4. The minimum absolute atomic E-state index is 0. The van der Waals surface area contributed by atoms with E-state index in [-0.39, 0.29) is 61.9 Å². The Morgan fingerprint density at radius 2 is 2.19 bits per heavy atom. The van der Waals surface area contributed by atoms with Crippen LogP contribution in [0.3, 0.4) is 0 Å². The van der Waals surface area contributed by atoms with E-state index in [0.29, 0.717) is 0 Å². The SMILES string of the molecule is Cc1[c-]c(C2([C-]=O)CC2)cc(C2=NNC(=O)SC2C)c1.[K+]. The van der Waals surface area contributed by atoms with E-state index in [1.807, 2.05) is 26.0 Å². The molecule has 1 heterocycles. The van der Waals surface area contributed by atoms with Gasteiger partial charge in [-0.15, -0.1) is 11.0 Å². The van der Waals surface area contributed by atoms with E-state index in [1.54, 1.807) is 0 Å². The van der Waals surface area contributed by atoms with Crippen molar-refractivity contribution in [1.82, 2.24) is 5.43 Å². The van der Waals surface area contributed by atoms with E-state index < -0.39 is 5.41 Å². The molecule has 104 valence electrons. The standard InChI is InChI=1S/C15H14N2O2S.K/c1-9-5-11(13-10(2)20-14(19)17-16-13)7-12(6-9)15(8-18)3-4-15;/h5,7,10H,3-4H2,1-2H3,(H,17,19);/q-2;+1. The van der Waals surface area contributed by atoms with Gasteiger partial charge in [0.1, 0.15) is 0 Å². The van der Waals surface area contributed by atoms with Crippen LogP contribution in [0.2, 0.25) is 0 Å². The van der Waals surface area contributed by atoms with Gasteiger partial charge in [-0.1, -0.05) is 31.5 Å². The Morgan fingerprint density at radius 3 is 2.76 bits per heavy atom. The van der Waals surface area contributed by atoms with Gasteiger partial charge in [-0.05, 0) is 6.92 Å². The van der Waals surface area contributed by atoms with Gasteiger partial charge < -0.3 is 4.79 Å². The third-order valence-corrected chi connectivity index (χ3v) is 4.58. The van der Waals surface area contributed by atoms with Gasteiger partial charge in [0.25, 0.3) is 5.24 Å². The van der Waals surface area contributed by atoms with Crippen molar-refractivity contribution in [2.75, 3.05) is 0 Å². The molecule has 0 bridgehead atoms. The van der Waals surface area contributed by atoms with E-state index in [0.717, 1.165) is 35.2 Å². The molecule has 1 aromatic rings. The second kappa shape index (κ2) is 6.64. The summed E-state index contributed by atoms with van der Waals surface area (Å²) in [5, 5.41) is 4.01. The van der Waals surface area contributed by atoms with Crippen LogP contribution in [0.25, 0.3) is 0 Å². The molecule has 1 amide bonds. The van der Waals surface area contributed by atoms with Crippen LogP contribution >= 0.6 is 11.8 Å². The Hall–Kier alpha value is 0.0164. The van der Waals surface area contributed by atoms with Crippen molar-refractivity contribution in [3.8, 4) is 0 Å². The van der Waals surface area contributed by atoms with Crippen LogP contribution in [0.4, 0.5) is 4.79 Å². The third kappa shape index (κ3) is 3.51. The van der Waals surface area contributed by atoms with Gasteiger partial charge in [0.2, 0.25) is 0 Å². The van der Waals surface area contributed by atoms with E-state index in [2.05, 4.69) is 22.9 Å². The number of carbonyl (C=O) groups is 1. The first-order valence-electron chi connectivity index (χ1n) is 6.52. The van der Waals surface area contributed by atoms with Crippen molar-refractivity contribution < 1.29 is 61.0 Å². The topological polar surface area (TPSA) is 58.5 Å². The van der Waals surface area contributed by atoms with Crippen molar-refractivity contribution in [3.63, 3.8) is 0 Å². The predicted octanol–water partition coefficient (Wildman–Crippen LogP) is -0.510. The maximum atomic E-state index is 11.3. The molecule has 1 fully saturated rings. The van der Waals surface area contributed by atoms with Crippen molar-refractivity contribution in [3.05, 3.63) is 34.9 Å². The smallest absolute Gasteiger partial charge is 0.541 e. The van der Waals surface area contributed by atoms with Crippen LogP contribution in [0.1, 0.15) is 36.5 Å². The molecule has 1 aliphatic carbocycles. The zero-order chi connectivity index (χ0) is 14.3. The number of rotatable bonds is 3.